The summed E-state index contributed by atoms with van der Waals surface area (Å²) >= 11 is 1.01. The number of hydrogen-bond donors (Lipinski definition) is 2. The Morgan fingerprint density at radius 2 is 2.13 bits per heavy atom. The molecule has 2 rings (SSSR count). The summed E-state index contributed by atoms with van der Waals surface area (Å²) in [5.41, 5.74) is 1.12. The highest BCUT2D eigenvalue weighted by Gasteiger charge is 2.05. The monoisotopic (exact) mass is 223 g/mol. The Kier molecular flexibility index (Phi) is 2.42. The smallest absolute Gasteiger partial charge is 0.307 e. The number of aliphatic hydroxyl groups is 1. The molecule has 2 N–H and O–H groups in total. The van der Waals surface area contributed by atoms with Crippen LogP contribution in [0.15, 0.2) is 21.7 Å². The first-order valence-electron chi connectivity index (χ1n) is 4.39. The Hall–Kier alpha value is -1.46. The van der Waals surface area contributed by atoms with Crippen LogP contribution < -0.4 is 10.4 Å². The minimum Gasteiger partial charge on any atom is -0.392 e. The standard InChI is InChI=1S/C10H9NO3S/c1-5-2-6(4-12)3-7-8(5)15-10(14)11-9(7)13/h2-3,12H,4H2,1H3,(H,11,13,14). The molecule has 0 saturated carbocycles. The van der Waals surface area contributed by atoms with E-state index in [1.807, 2.05) is 6.92 Å². The van der Waals surface area contributed by atoms with Crippen LogP contribution in [0.2, 0.25) is 0 Å². The summed E-state index contributed by atoms with van der Waals surface area (Å²) in [5, 5.41) is 9.46. The molecule has 0 aliphatic carbocycles. The number of aromatic nitrogens is 1. The highest BCUT2D eigenvalue weighted by molar-refractivity contribution is 7.16. The van der Waals surface area contributed by atoms with E-state index in [9.17, 15) is 9.59 Å². The minimum absolute atomic E-state index is 0.111. The van der Waals surface area contributed by atoms with Crippen LogP contribution in [0.5, 0.6) is 0 Å². The van der Waals surface area contributed by atoms with Crippen LogP contribution in [0, 0.1) is 6.92 Å². The van der Waals surface area contributed by atoms with Crippen molar-refractivity contribution >= 4 is 21.4 Å². The van der Waals surface area contributed by atoms with Crippen LogP contribution in [0.3, 0.4) is 0 Å². The normalized spacial score (nSPS) is 10.8. The summed E-state index contributed by atoms with van der Waals surface area (Å²) in [6.07, 6.45) is 0. The second-order valence-electron chi connectivity index (χ2n) is 3.29. The summed E-state index contributed by atoms with van der Waals surface area (Å²) in [7, 11) is 0. The van der Waals surface area contributed by atoms with Gasteiger partial charge in [-0.1, -0.05) is 17.4 Å². The predicted molar refractivity (Wildman–Crippen MR) is 59.4 cm³/mol. The van der Waals surface area contributed by atoms with Crippen molar-refractivity contribution < 1.29 is 5.11 Å². The lowest BCUT2D eigenvalue weighted by Crippen LogP contribution is -2.16. The summed E-state index contributed by atoms with van der Waals surface area (Å²) in [6, 6.07) is 3.38. The molecule has 1 heterocycles. The first kappa shape index (κ1) is 10.1. The number of fused-ring (bicyclic) bond motifs is 1. The molecule has 0 spiro atoms. The van der Waals surface area contributed by atoms with Crippen molar-refractivity contribution in [3.05, 3.63) is 43.3 Å². The summed E-state index contributed by atoms with van der Waals surface area (Å²) < 4.78 is 0.681. The van der Waals surface area contributed by atoms with Gasteiger partial charge in [-0.15, -0.1) is 0 Å². The third kappa shape index (κ3) is 1.71. The van der Waals surface area contributed by atoms with E-state index in [-0.39, 0.29) is 11.5 Å². The molecule has 78 valence electrons. The summed E-state index contributed by atoms with van der Waals surface area (Å²) in [5.74, 6) is 0. The maximum absolute atomic E-state index is 11.5. The van der Waals surface area contributed by atoms with Gasteiger partial charge in [0.05, 0.1) is 12.0 Å². The van der Waals surface area contributed by atoms with Crippen LogP contribution in [0.25, 0.3) is 10.1 Å². The molecule has 0 fully saturated rings. The van der Waals surface area contributed by atoms with Crippen LogP contribution >= 0.6 is 11.3 Å². The van der Waals surface area contributed by atoms with Gasteiger partial charge in [0.15, 0.2) is 0 Å². The third-order valence-electron chi connectivity index (χ3n) is 2.17. The first-order valence-corrected chi connectivity index (χ1v) is 5.21. The lowest BCUT2D eigenvalue weighted by Gasteiger charge is -2.02. The highest BCUT2D eigenvalue weighted by Crippen LogP contribution is 2.19. The molecular formula is C10H9NO3S. The lowest BCUT2D eigenvalue weighted by molar-refractivity contribution is 0.282. The Labute approximate surface area is 88.8 Å². The van der Waals surface area contributed by atoms with E-state index in [1.54, 1.807) is 12.1 Å². The van der Waals surface area contributed by atoms with Gasteiger partial charge in [-0.3, -0.25) is 14.6 Å². The molecule has 0 atom stereocenters. The zero-order valence-electron chi connectivity index (χ0n) is 8.03. The quantitative estimate of drug-likeness (QED) is 0.749. The van der Waals surface area contributed by atoms with Crippen molar-refractivity contribution in [2.24, 2.45) is 0 Å². The van der Waals surface area contributed by atoms with Gasteiger partial charge in [-0.25, -0.2) is 0 Å². The summed E-state index contributed by atoms with van der Waals surface area (Å²) in [4.78, 5) is 24.5. The first-order chi connectivity index (χ1) is 7.11. The van der Waals surface area contributed by atoms with E-state index in [0.29, 0.717) is 15.6 Å². The van der Waals surface area contributed by atoms with Gasteiger partial charge in [-0.05, 0) is 24.1 Å². The van der Waals surface area contributed by atoms with Crippen LogP contribution in [-0.4, -0.2) is 10.1 Å². The molecule has 2 aromatic rings. The van der Waals surface area contributed by atoms with E-state index < -0.39 is 5.56 Å². The molecule has 0 amide bonds. The average Bonchev–Trinajstić information content (AvgIpc) is 2.19. The Morgan fingerprint density at radius 1 is 1.40 bits per heavy atom. The van der Waals surface area contributed by atoms with Crippen molar-refractivity contribution in [2.45, 2.75) is 13.5 Å². The number of aromatic amines is 1. The van der Waals surface area contributed by atoms with Gasteiger partial charge in [-0.2, -0.15) is 0 Å². The number of aryl methyl sites for hydroxylation is 1. The van der Waals surface area contributed by atoms with Gasteiger partial charge in [0.1, 0.15) is 0 Å². The second-order valence-corrected chi connectivity index (χ2v) is 4.27. The number of nitrogens with one attached hydrogen (secondary N) is 1. The van der Waals surface area contributed by atoms with Crippen LogP contribution in [0.4, 0.5) is 0 Å². The molecule has 1 aromatic heterocycles. The highest BCUT2D eigenvalue weighted by atomic mass is 32.1. The van der Waals surface area contributed by atoms with E-state index in [0.717, 1.165) is 16.9 Å². The predicted octanol–water partition coefficient (Wildman–Crippen LogP) is 0.751. The Morgan fingerprint density at radius 3 is 2.80 bits per heavy atom. The molecule has 5 heteroatoms. The van der Waals surface area contributed by atoms with Crippen LogP contribution in [0.1, 0.15) is 11.1 Å². The Balaban J connectivity index is 2.98. The maximum atomic E-state index is 11.5. The van der Waals surface area contributed by atoms with E-state index in [1.165, 1.54) is 0 Å². The fraction of sp³-hybridized carbons (Fsp3) is 0.200. The second kappa shape index (κ2) is 3.60. The molecule has 0 aliphatic heterocycles. The minimum atomic E-state index is -0.396. The number of hydrogen-bond acceptors (Lipinski definition) is 4. The van der Waals surface area contributed by atoms with Crippen LogP contribution in [-0.2, 0) is 6.61 Å². The molecule has 1 aromatic carbocycles. The van der Waals surface area contributed by atoms with Crippen molar-refractivity contribution in [3.63, 3.8) is 0 Å². The van der Waals surface area contributed by atoms with Crippen molar-refractivity contribution in [1.82, 2.24) is 4.98 Å². The van der Waals surface area contributed by atoms with Gasteiger partial charge >= 0.3 is 4.87 Å². The van der Waals surface area contributed by atoms with Gasteiger partial charge in [0.25, 0.3) is 5.56 Å². The number of H-pyrrole nitrogens is 1. The van der Waals surface area contributed by atoms with Crippen molar-refractivity contribution in [3.8, 4) is 0 Å². The zero-order valence-corrected chi connectivity index (χ0v) is 8.85. The molecular weight excluding hydrogens is 214 g/mol. The molecule has 15 heavy (non-hydrogen) atoms. The Bertz CT molecular complexity index is 627. The summed E-state index contributed by atoms with van der Waals surface area (Å²) in [6.45, 7) is 1.71. The largest absolute Gasteiger partial charge is 0.392 e. The van der Waals surface area contributed by atoms with Gasteiger partial charge < -0.3 is 5.11 Å². The average molecular weight is 223 g/mol. The number of rotatable bonds is 1. The van der Waals surface area contributed by atoms with E-state index >= 15 is 0 Å². The fourth-order valence-electron chi connectivity index (χ4n) is 1.52. The van der Waals surface area contributed by atoms with E-state index in [2.05, 4.69) is 4.98 Å². The van der Waals surface area contributed by atoms with E-state index in [4.69, 9.17) is 5.11 Å². The van der Waals surface area contributed by atoms with Gasteiger partial charge in [0, 0.05) is 4.70 Å². The number of benzene rings is 1. The topological polar surface area (TPSA) is 70.2 Å². The van der Waals surface area contributed by atoms with Gasteiger partial charge in [0.2, 0.25) is 0 Å². The lowest BCUT2D eigenvalue weighted by atomic mass is 10.1. The molecule has 0 bridgehead atoms. The maximum Gasteiger partial charge on any atom is 0.307 e. The SMILES string of the molecule is Cc1cc(CO)cc2c(=O)[nH]c(=O)sc12. The van der Waals surface area contributed by atoms with Crippen molar-refractivity contribution in [1.29, 1.82) is 0 Å². The molecule has 0 aliphatic rings. The fourth-order valence-corrected chi connectivity index (χ4v) is 2.33. The molecule has 0 saturated heterocycles. The molecule has 0 unspecified atom stereocenters. The molecule has 4 nitrogen and oxygen atoms in total. The molecule has 0 radical (unpaired) electrons. The third-order valence-corrected chi connectivity index (χ3v) is 3.21. The zero-order chi connectivity index (χ0) is 11.0. The van der Waals surface area contributed by atoms with Crippen molar-refractivity contribution in [2.75, 3.05) is 0 Å². The number of aliphatic hydroxyl groups excluding tert-OH is 1.